The summed E-state index contributed by atoms with van der Waals surface area (Å²) in [7, 11) is 0. The Morgan fingerprint density at radius 2 is 1.62 bits per heavy atom. The number of benzene rings is 2. The summed E-state index contributed by atoms with van der Waals surface area (Å²) in [6.45, 7) is 2.16. The molecule has 1 atom stereocenters. The number of carbonyl (C=O) groups excluding carboxylic acids is 1. The van der Waals surface area contributed by atoms with Crippen LogP contribution in [0.25, 0.3) is 11.1 Å². The van der Waals surface area contributed by atoms with Crippen LogP contribution in [0.15, 0.2) is 48.5 Å². The number of carbonyl (C=O) groups is 1. The normalized spacial score (nSPS) is 11.9. The van der Waals surface area contributed by atoms with Gasteiger partial charge in [-0.15, -0.1) is 11.6 Å². The van der Waals surface area contributed by atoms with Crippen LogP contribution >= 0.6 is 11.6 Å². The summed E-state index contributed by atoms with van der Waals surface area (Å²) in [5, 5.41) is 9.12. The Bertz CT molecular complexity index is 590. The van der Waals surface area contributed by atoms with Crippen molar-refractivity contribution in [3.05, 3.63) is 54.1 Å². The molecule has 0 bridgehead atoms. The van der Waals surface area contributed by atoms with E-state index in [1.54, 1.807) is 24.3 Å². The lowest BCUT2D eigenvalue weighted by Gasteiger charge is -2.08. The van der Waals surface area contributed by atoms with Gasteiger partial charge in [-0.1, -0.05) is 31.2 Å². The van der Waals surface area contributed by atoms with E-state index in [2.05, 4.69) is 0 Å². The summed E-state index contributed by atoms with van der Waals surface area (Å²) in [6, 6.07) is 14.0. The Balaban J connectivity index is 2.04. The number of alkyl halides is 1. The van der Waals surface area contributed by atoms with Crippen LogP contribution in [0.5, 0.6) is 5.75 Å². The molecule has 2 aromatic rings. The second kappa shape index (κ2) is 7.14. The van der Waals surface area contributed by atoms with Crippen molar-refractivity contribution in [2.75, 3.05) is 6.61 Å². The van der Waals surface area contributed by atoms with Crippen molar-refractivity contribution >= 4 is 17.6 Å². The molecule has 1 unspecified atom stereocenters. The molecule has 0 aliphatic heterocycles. The Morgan fingerprint density at radius 3 is 2.14 bits per heavy atom. The molecule has 110 valence electrons. The summed E-state index contributed by atoms with van der Waals surface area (Å²) < 4.78 is 5.14. The van der Waals surface area contributed by atoms with E-state index in [4.69, 9.17) is 16.3 Å². The quantitative estimate of drug-likeness (QED) is 0.664. The van der Waals surface area contributed by atoms with Gasteiger partial charge in [0.15, 0.2) is 0 Å². The molecule has 0 aliphatic rings. The van der Waals surface area contributed by atoms with Crippen LogP contribution in [0.4, 0.5) is 0 Å². The molecule has 0 heterocycles. The highest BCUT2D eigenvalue weighted by Gasteiger charge is 2.10. The molecule has 0 amide bonds. The summed E-state index contributed by atoms with van der Waals surface area (Å²) in [5.41, 5.74) is 2.44. The van der Waals surface area contributed by atoms with Crippen molar-refractivity contribution in [2.45, 2.75) is 18.7 Å². The van der Waals surface area contributed by atoms with Crippen molar-refractivity contribution < 1.29 is 14.6 Å². The lowest BCUT2D eigenvalue weighted by Crippen LogP contribution is -2.13. The van der Waals surface area contributed by atoms with Gasteiger partial charge < -0.3 is 9.84 Å². The van der Waals surface area contributed by atoms with E-state index in [1.807, 2.05) is 31.2 Å². The number of phenols is 1. The Labute approximate surface area is 129 Å². The number of hydrogen-bond donors (Lipinski definition) is 1. The van der Waals surface area contributed by atoms with Crippen molar-refractivity contribution in [3.8, 4) is 16.9 Å². The summed E-state index contributed by atoms with van der Waals surface area (Å²) >= 11 is 5.92. The maximum atomic E-state index is 11.8. The monoisotopic (exact) mass is 304 g/mol. The third kappa shape index (κ3) is 4.23. The Kier molecular flexibility index (Phi) is 5.23. The molecule has 3 nitrogen and oxygen atoms in total. The first-order valence-electron chi connectivity index (χ1n) is 6.81. The lowest BCUT2D eigenvalue weighted by molar-refractivity contribution is 0.0503. The van der Waals surface area contributed by atoms with E-state index in [0.29, 0.717) is 5.56 Å². The zero-order valence-electron chi connectivity index (χ0n) is 11.8. The number of ether oxygens (including phenoxy) is 1. The van der Waals surface area contributed by atoms with Crippen LogP contribution in [0.3, 0.4) is 0 Å². The van der Waals surface area contributed by atoms with Crippen molar-refractivity contribution in [1.82, 2.24) is 0 Å². The largest absolute Gasteiger partial charge is 0.508 e. The zero-order valence-corrected chi connectivity index (χ0v) is 12.5. The molecule has 0 saturated heterocycles. The molecular weight excluding hydrogens is 288 g/mol. The molecule has 1 N–H and O–H groups in total. The number of hydrogen-bond acceptors (Lipinski definition) is 3. The van der Waals surface area contributed by atoms with E-state index in [0.717, 1.165) is 17.5 Å². The highest BCUT2D eigenvalue weighted by atomic mass is 35.5. The number of aromatic hydroxyl groups is 1. The molecule has 0 saturated carbocycles. The van der Waals surface area contributed by atoms with Gasteiger partial charge in [0, 0.05) is 0 Å². The molecule has 4 heteroatoms. The van der Waals surface area contributed by atoms with Crippen LogP contribution < -0.4 is 0 Å². The van der Waals surface area contributed by atoms with Gasteiger partial charge in [0.05, 0.1) is 10.9 Å². The maximum absolute atomic E-state index is 11.8. The third-order valence-corrected chi connectivity index (χ3v) is 3.59. The van der Waals surface area contributed by atoms with E-state index >= 15 is 0 Å². The van der Waals surface area contributed by atoms with Crippen molar-refractivity contribution in [1.29, 1.82) is 0 Å². The Hall–Kier alpha value is -2.00. The number of rotatable bonds is 5. The van der Waals surface area contributed by atoms with Crippen LogP contribution in [-0.2, 0) is 4.74 Å². The topological polar surface area (TPSA) is 46.5 Å². The first-order chi connectivity index (χ1) is 10.1. The van der Waals surface area contributed by atoms with Crippen LogP contribution in [0.2, 0.25) is 0 Å². The Morgan fingerprint density at radius 1 is 1.10 bits per heavy atom. The minimum Gasteiger partial charge on any atom is -0.508 e. The molecule has 0 aromatic heterocycles. The van der Waals surface area contributed by atoms with Crippen LogP contribution in [-0.4, -0.2) is 23.1 Å². The van der Waals surface area contributed by atoms with E-state index in [9.17, 15) is 9.90 Å². The highest BCUT2D eigenvalue weighted by molar-refractivity contribution is 6.20. The predicted molar refractivity (Wildman–Crippen MR) is 83.8 cm³/mol. The fraction of sp³-hybridized carbons (Fsp3) is 0.235. The van der Waals surface area contributed by atoms with Gasteiger partial charge in [0.1, 0.15) is 12.4 Å². The van der Waals surface area contributed by atoms with E-state index in [1.165, 1.54) is 0 Å². The summed E-state index contributed by atoms with van der Waals surface area (Å²) in [5.74, 6) is -0.142. The van der Waals surface area contributed by atoms with Gasteiger partial charge in [-0.3, -0.25) is 0 Å². The third-order valence-electron chi connectivity index (χ3n) is 3.16. The summed E-state index contributed by atoms with van der Waals surface area (Å²) in [4.78, 5) is 11.8. The van der Waals surface area contributed by atoms with Crippen molar-refractivity contribution in [3.63, 3.8) is 0 Å². The fourth-order valence-corrected chi connectivity index (χ4v) is 1.88. The second-order valence-corrected chi connectivity index (χ2v) is 5.35. The average Bonchev–Trinajstić information content (AvgIpc) is 2.53. The molecular formula is C17H17ClO3. The molecule has 0 fully saturated rings. The fourth-order valence-electron chi connectivity index (χ4n) is 1.82. The van der Waals surface area contributed by atoms with Crippen LogP contribution in [0.1, 0.15) is 23.7 Å². The SMILES string of the molecule is CCC(Cl)COC(=O)c1ccc(-c2ccc(O)cc2)cc1. The molecule has 0 spiro atoms. The maximum Gasteiger partial charge on any atom is 0.338 e. The van der Waals surface area contributed by atoms with Gasteiger partial charge in [-0.05, 0) is 41.8 Å². The molecule has 0 radical (unpaired) electrons. The molecule has 2 rings (SSSR count). The van der Waals surface area contributed by atoms with Gasteiger partial charge >= 0.3 is 5.97 Å². The second-order valence-electron chi connectivity index (χ2n) is 4.73. The van der Waals surface area contributed by atoms with Gasteiger partial charge in [0.25, 0.3) is 0 Å². The standard InChI is InChI=1S/C17H17ClO3/c1-2-15(18)11-21-17(20)14-5-3-12(4-6-14)13-7-9-16(19)10-8-13/h3-10,15,19H,2,11H2,1H3. The van der Waals surface area contributed by atoms with Gasteiger partial charge in [0.2, 0.25) is 0 Å². The smallest absolute Gasteiger partial charge is 0.338 e. The average molecular weight is 305 g/mol. The zero-order chi connectivity index (χ0) is 15.2. The number of esters is 1. The van der Waals surface area contributed by atoms with Crippen LogP contribution in [0, 0.1) is 0 Å². The van der Waals surface area contributed by atoms with E-state index < -0.39 is 0 Å². The summed E-state index contributed by atoms with van der Waals surface area (Å²) in [6.07, 6.45) is 0.759. The minimum absolute atomic E-state index is 0.148. The van der Waals surface area contributed by atoms with Gasteiger partial charge in [-0.25, -0.2) is 4.79 Å². The first kappa shape index (κ1) is 15.4. The lowest BCUT2D eigenvalue weighted by atomic mass is 10.0. The highest BCUT2D eigenvalue weighted by Crippen LogP contribution is 2.22. The van der Waals surface area contributed by atoms with Crippen molar-refractivity contribution in [2.24, 2.45) is 0 Å². The molecule has 21 heavy (non-hydrogen) atoms. The predicted octanol–water partition coefficient (Wildman–Crippen LogP) is 4.23. The number of phenolic OH excluding ortho intramolecular Hbond substituents is 1. The molecule has 2 aromatic carbocycles. The first-order valence-corrected chi connectivity index (χ1v) is 7.24. The minimum atomic E-state index is -0.369. The van der Waals surface area contributed by atoms with Gasteiger partial charge in [-0.2, -0.15) is 0 Å². The number of halogens is 1. The van der Waals surface area contributed by atoms with E-state index in [-0.39, 0.29) is 23.7 Å². The molecule has 0 aliphatic carbocycles.